The lowest BCUT2D eigenvalue weighted by Crippen LogP contribution is -2.28. The van der Waals surface area contributed by atoms with Gasteiger partial charge in [0.05, 0.1) is 5.92 Å². The predicted molar refractivity (Wildman–Crippen MR) is 60.1 cm³/mol. The fourth-order valence-corrected chi connectivity index (χ4v) is 1.37. The molecule has 4 nitrogen and oxygen atoms in total. The van der Waals surface area contributed by atoms with Crippen LogP contribution in [0.3, 0.4) is 0 Å². The number of hydrogen-bond acceptors (Lipinski definition) is 2. The number of amides is 1. The van der Waals surface area contributed by atoms with E-state index in [0.29, 0.717) is 12.1 Å². The fraction of sp³-hybridized carbons (Fsp3) is 0.333. The molecule has 1 atom stereocenters. The van der Waals surface area contributed by atoms with Crippen molar-refractivity contribution in [3.8, 4) is 0 Å². The largest absolute Gasteiger partial charge is 0.481 e. The van der Waals surface area contributed by atoms with Crippen molar-refractivity contribution in [3.05, 3.63) is 35.1 Å². The molecule has 0 radical (unpaired) electrons. The van der Waals surface area contributed by atoms with Crippen molar-refractivity contribution in [2.45, 2.75) is 13.3 Å². The zero-order valence-electron chi connectivity index (χ0n) is 10.0. The number of carbonyl (C=O) groups excluding carboxylic acids is 1. The van der Waals surface area contributed by atoms with E-state index in [2.05, 4.69) is 5.32 Å². The van der Waals surface area contributed by atoms with Gasteiger partial charge in [-0.1, -0.05) is 6.92 Å². The third-order valence-electron chi connectivity index (χ3n) is 2.52. The Kier molecular flexibility index (Phi) is 4.91. The lowest BCUT2D eigenvalue weighted by Gasteiger charge is -2.09. The van der Waals surface area contributed by atoms with Crippen LogP contribution in [-0.2, 0) is 4.79 Å². The number of benzene rings is 1. The third-order valence-corrected chi connectivity index (χ3v) is 2.52. The molecule has 0 aliphatic heterocycles. The van der Waals surface area contributed by atoms with Crippen molar-refractivity contribution in [2.24, 2.45) is 5.92 Å². The van der Waals surface area contributed by atoms with Crippen molar-refractivity contribution in [1.29, 1.82) is 0 Å². The molecule has 0 aliphatic rings. The summed E-state index contributed by atoms with van der Waals surface area (Å²) in [6.07, 6.45) is 0.117. The number of rotatable bonds is 5. The van der Waals surface area contributed by atoms with Gasteiger partial charge >= 0.3 is 5.97 Å². The second kappa shape index (κ2) is 6.21. The van der Waals surface area contributed by atoms with Crippen LogP contribution >= 0.6 is 0 Å². The lowest BCUT2D eigenvalue weighted by atomic mass is 10.1. The minimum absolute atomic E-state index is 0.0530. The Morgan fingerprint density at radius 1 is 1.26 bits per heavy atom. The van der Waals surface area contributed by atoms with E-state index in [-0.39, 0.29) is 13.0 Å². The van der Waals surface area contributed by atoms with Gasteiger partial charge in [-0.25, -0.2) is 13.2 Å². The van der Waals surface area contributed by atoms with Gasteiger partial charge in [-0.15, -0.1) is 0 Å². The minimum Gasteiger partial charge on any atom is -0.481 e. The Bertz CT molecular complexity index is 482. The summed E-state index contributed by atoms with van der Waals surface area (Å²) < 4.78 is 39.1. The predicted octanol–water partition coefficient (Wildman–Crippen LogP) is 1.94. The maximum Gasteiger partial charge on any atom is 0.306 e. The van der Waals surface area contributed by atoms with Crippen LogP contribution in [-0.4, -0.2) is 23.5 Å². The average molecular weight is 275 g/mol. The summed E-state index contributed by atoms with van der Waals surface area (Å²) in [6, 6.07) is 0.801. The maximum atomic E-state index is 13.2. The van der Waals surface area contributed by atoms with Gasteiger partial charge in [0.2, 0.25) is 0 Å². The van der Waals surface area contributed by atoms with Gasteiger partial charge < -0.3 is 10.4 Å². The van der Waals surface area contributed by atoms with Gasteiger partial charge in [0, 0.05) is 18.7 Å². The molecule has 1 aromatic rings. The van der Waals surface area contributed by atoms with Gasteiger partial charge in [0.15, 0.2) is 0 Å². The molecule has 19 heavy (non-hydrogen) atoms. The number of aliphatic carboxylic acids is 1. The highest BCUT2D eigenvalue weighted by atomic mass is 19.1. The highest BCUT2D eigenvalue weighted by molar-refractivity contribution is 5.94. The van der Waals surface area contributed by atoms with Crippen LogP contribution in [0.2, 0.25) is 0 Å². The first-order chi connectivity index (χ1) is 8.82. The molecule has 0 saturated heterocycles. The van der Waals surface area contributed by atoms with Crippen molar-refractivity contribution in [3.63, 3.8) is 0 Å². The van der Waals surface area contributed by atoms with E-state index in [4.69, 9.17) is 5.11 Å². The highest BCUT2D eigenvalue weighted by Gasteiger charge is 2.19. The Balaban J connectivity index is 2.67. The highest BCUT2D eigenvalue weighted by Crippen LogP contribution is 2.14. The Morgan fingerprint density at radius 2 is 1.79 bits per heavy atom. The summed E-state index contributed by atoms with van der Waals surface area (Å²) >= 11 is 0. The molecule has 1 amide bonds. The molecule has 2 N–H and O–H groups in total. The van der Waals surface area contributed by atoms with Crippen LogP contribution in [0.25, 0.3) is 0 Å². The summed E-state index contributed by atoms with van der Waals surface area (Å²) in [4.78, 5) is 22.0. The topological polar surface area (TPSA) is 66.4 Å². The summed E-state index contributed by atoms with van der Waals surface area (Å²) in [5.74, 6) is -6.50. The molecule has 0 fully saturated rings. The second-order valence-corrected chi connectivity index (χ2v) is 4.03. The van der Waals surface area contributed by atoms with Gasteiger partial charge in [0.25, 0.3) is 5.91 Å². The molecule has 1 unspecified atom stereocenters. The molecule has 0 heterocycles. The summed E-state index contributed by atoms with van der Waals surface area (Å²) in [5, 5.41) is 10.8. The Hall–Kier alpha value is -2.05. The smallest absolute Gasteiger partial charge is 0.306 e. The summed E-state index contributed by atoms with van der Waals surface area (Å²) in [7, 11) is 0. The fourth-order valence-electron chi connectivity index (χ4n) is 1.37. The summed E-state index contributed by atoms with van der Waals surface area (Å²) in [6.45, 7) is 1.39. The number of carbonyl (C=O) groups is 2. The molecular formula is C12H12F3NO3. The SMILES string of the molecule is CC(CCNC(=O)c1c(F)cc(F)cc1F)C(=O)O. The van der Waals surface area contributed by atoms with Gasteiger partial charge in [0.1, 0.15) is 23.0 Å². The first kappa shape index (κ1) is 15.0. The van der Waals surface area contributed by atoms with Crippen molar-refractivity contribution >= 4 is 11.9 Å². The van der Waals surface area contributed by atoms with Gasteiger partial charge in [-0.3, -0.25) is 9.59 Å². The molecule has 0 aliphatic carbocycles. The molecule has 1 rings (SSSR count). The Morgan fingerprint density at radius 3 is 2.26 bits per heavy atom. The van der Waals surface area contributed by atoms with Crippen molar-refractivity contribution < 1.29 is 27.9 Å². The van der Waals surface area contributed by atoms with Crippen LogP contribution in [0.5, 0.6) is 0 Å². The quantitative estimate of drug-likeness (QED) is 0.863. The number of carboxylic acid groups (broad SMARTS) is 1. The van der Waals surface area contributed by atoms with E-state index >= 15 is 0 Å². The third kappa shape index (κ3) is 3.97. The molecule has 0 bridgehead atoms. The van der Waals surface area contributed by atoms with Crippen LogP contribution in [0.4, 0.5) is 13.2 Å². The summed E-state index contributed by atoms with van der Waals surface area (Å²) in [5.41, 5.74) is -0.885. The number of carboxylic acids is 1. The zero-order chi connectivity index (χ0) is 14.6. The van der Waals surface area contributed by atoms with E-state index < -0.39 is 40.8 Å². The van der Waals surface area contributed by atoms with Crippen LogP contribution in [0, 0.1) is 23.4 Å². The molecule has 7 heteroatoms. The first-order valence-electron chi connectivity index (χ1n) is 5.48. The van der Waals surface area contributed by atoms with Crippen molar-refractivity contribution in [1.82, 2.24) is 5.32 Å². The number of nitrogens with one attached hydrogen (secondary N) is 1. The van der Waals surface area contributed by atoms with E-state index in [1.807, 2.05) is 0 Å². The van der Waals surface area contributed by atoms with Gasteiger partial charge in [-0.2, -0.15) is 0 Å². The molecular weight excluding hydrogens is 263 g/mol. The maximum absolute atomic E-state index is 13.2. The van der Waals surface area contributed by atoms with E-state index in [0.717, 1.165) is 0 Å². The second-order valence-electron chi connectivity index (χ2n) is 4.03. The van der Waals surface area contributed by atoms with E-state index in [1.165, 1.54) is 6.92 Å². The van der Waals surface area contributed by atoms with Gasteiger partial charge in [-0.05, 0) is 6.42 Å². The lowest BCUT2D eigenvalue weighted by molar-refractivity contribution is -0.141. The average Bonchev–Trinajstić information content (AvgIpc) is 2.26. The van der Waals surface area contributed by atoms with Crippen LogP contribution in [0.1, 0.15) is 23.7 Å². The molecule has 0 saturated carbocycles. The standard InChI is InChI=1S/C12H12F3NO3/c1-6(12(18)19)2-3-16-11(17)10-8(14)4-7(13)5-9(10)15/h4-6H,2-3H2,1H3,(H,16,17)(H,18,19). The van der Waals surface area contributed by atoms with E-state index in [9.17, 15) is 22.8 Å². The zero-order valence-corrected chi connectivity index (χ0v) is 10.0. The Labute approximate surface area is 107 Å². The van der Waals surface area contributed by atoms with E-state index in [1.54, 1.807) is 0 Å². The van der Waals surface area contributed by atoms with Crippen LogP contribution in [0.15, 0.2) is 12.1 Å². The number of hydrogen-bond donors (Lipinski definition) is 2. The molecule has 0 spiro atoms. The number of halogens is 3. The van der Waals surface area contributed by atoms with Crippen molar-refractivity contribution in [2.75, 3.05) is 6.54 Å². The molecule has 104 valence electrons. The molecule has 0 aromatic heterocycles. The normalized spacial score (nSPS) is 12.0. The van der Waals surface area contributed by atoms with Crippen LogP contribution < -0.4 is 5.32 Å². The minimum atomic E-state index is -1.30. The molecule has 1 aromatic carbocycles. The first-order valence-corrected chi connectivity index (χ1v) is 5.48. The monoisotopic (exact) mass is 275 g/mol.